The number of aromatic nitrogens is 3. The van der Waals surface area contributed by atoms with Crippen LogP contribution in [0.15, 0.2) is 41.1 Å². The van der Waals surface area contributed by atoms with Crippen LogP contribution in [0.2, 0.25) is 0 Å². The summed E-state index contributed by atoms with van der Waals surface area (Å²) in [4.78, 5) is 8.73. The van der Waals surface area contributed by atoms with Gasteiger partial charge in [-0.05, 0) is 29.7 Å². The number of pyridine rings is 1. The first-order valence-corrected chi connectivity index (χ1v) is 6.89. The minimum atomic E-state index is -0.291. The Labute approximate surface area is 123 Å². The Hall–Kier alpha value is -2.27. The molecule has 5 heteroatoms. The van der Waals surface area contributed by atoms with Crippen molar-refractivity contribution in [3.05, 3.63) is 42.4 Å². The van der Waals surface area contributed by atoms with E-state index in [9.17, 15) is 0 Å². The second-order valence-corrected chi connectivity index (χ2v) is 6.21. The first-order valence-electron chi connectivity index (χ1n) is 6.89. The second-order valence-electron chi connectivity index (χ2n) is 6.21. The maximum atomic E-state index is 6.15. The molecule has 0 saturated heterocycles. The molecule has 1 aromatic carbocycles. The lowest BCUT2D eigenvalue weighted by molar-refractivity contribution is 0.253. The van der Waals surface area contributed by atoms with Gasteiger partial charge in [-0.1, -0.05) is 32.0 Å². The number of nitrogens with two attached hydrogens (primary N) is 1. The predicted molar refractivity (Wildman–Crippen MR) is 81.4 cm³/mol. The molecule has 0 aliphatic carbocycles. The van der Waals surface area contributed by atoms with Gasteiger partial charge in [0.15, 0.2) is 0 Å². The van der Waals surface area contributed by atoms with Gasteiger partial charge in [-0.2, -0.15) is 4.98 Å². The highest BCUT2D eigenvalue weighted by atomic mass is 16.5. The van der Waals surface area contributed by atoms with Crippen LogP contribution in [0.1, 0.15) is 32.7 Å². The fourth-order valence-corrected chi connectivity index (χ4v) is 2.06. The minimum absolute atomic E-state index is 0.128. The Morgan fingerprint density at radius 2 is 2.00 bits per heavy atom. The second kappa shape index (κ2) is 4.93. The molecule has 1 atom stereocenters. The summed E-state index contributed by atoms with van der Waals surface area (Å²) in [6.07, 6.45) is 1.77. The van der Waals surface area contributed by atoms with E-state index in [0.717, 1.165) is 16.5 Å². The van der Waals surface area contributed by atoms with E-state index in [2.05, 4.69) is 15.1 Å². The molecule has 0 spiro atoms. The summed E-state index contributed by atoms with van der Waals surface area (Å²) in [5, 5.41) is 5.08. The Kier molecular flexibility index (Phi) is 3.22. The van der Waals surface area contributed by atoms with E-state index in [1.165, 1.54) is 0 Å². The standard InChI is InChI=1S/C16H18N4O/c1-16(2,3)13(17)15-19-14(20-21-15)11-6-7-12-10(9-11)5-4-8-18-12/h4-9,13H,17H2,1-3H3/t13-/m1/s1. The number of nitrogens with zero attached hydrogens (tertiary/aromatic N) is 3. The van der Waals surface area contributed by atoms with Gasteiger partial charge in [0.2, 0.25) is 11.7 Å². The summed E-state index contributed by atoms with van der Waals surface area (Å²) in [6, 6.07) is 9.51. The molecule has 0 fully saturated rings. The lowest BCUT2D eigenvalue weighted by Gasteiger charge is -2.23. The summed E-state index contributed by atoms with van der Waals surface area (Å²) in [6.45, 7) is 6.13. The third kappa shape index (κ3) is 2.64. The molecule has 0 aliphatic rings. The van der Waals surface area contributed by atoms with E-state index in [4.69, 9.17) is 10.3 Å². The zero-order valence-electron chi connectivity index (χ0n) is 12.4. The number of fused-ring (bicyclic) bond motifs is 1. The molecule has 0 amide bonds. The summed E-state index contributed by atoms with van der Waals surface area (Å²) in [5.41, 5.74) is 7.86. The van der Waals surface area contributed by atoms with Crippen LogP contribution in [0.4, 0.5) is 0 Å². The molecule has 0 aliphatic heterocycles. The van der Waals surface area contributed by atoms with E-state index >= 15 is 0 Å². The quantitative estimate of drug-likeness (QED) is 0.780. The fourth-order valence-electron chi connectivity index (χ4n) is 2.06. The van der Waals surface area contributed by atoms with Crippen LogP contribution in [0.5, 0.6) is 0 Å². The maximum absolute atomic E-state index is 6.15. The number of rotatable bonds is 2. The number of hydrogen-bond donors (Lipinski definition) is 1. The Morgan fingerprint density at radius 1 is 1.19 bits per heavy atom. The van der Waals surface area contributed by atoms with Crippen molar-refractivity contribution >= 4 is 10.9 Å². The summed E-state index contributed by atoms with van der Waals surface area (Å²) in [5.74, 6) is 1.01. The molecule has 0 radical (unpaired) electrons. The summed E-state index contributed by atoms with van der Waals surface area (Å²) < 4.78 is 5.32. The van der Waals surface area contributed by atoms with Gasteiger partial charge in [-0.25, -0.2) is 0 Å². The molecule has 3 rings (SSSR count). The maximum Gasteiger partial charge on any atom is 0.244 e. The molecule has 2 aromatic heterocycles. The van der Waals surface area contributed by atoms with E-state index in [1.807, 2.05) is 51.1 Å². The van der Waals surface area contributed by atoms with Crippen molar-refractivity contribution in [1.29, 1.82) is 0 Å². The molecule has 21 heavy (non-hydrogen) atoms. The monoisotopic (exact) mass is 282 g/mol. The van der Waals surface area contributed by atoms with Crippen molar-refractivity contribution in [2.24, 2.45) is 11.1 Å². The van der Waals surface area contributed by atoms with Crippen LogP contribution >= 0.6 is 0 Å². The molecular formula is C16H18N4O. The van der Waals surface area contributed by atoms with E-state index in [-0.39, 0.29) is 11.5 Å². The molecule has 0 saturated carbocycles. The highest BCUT2D eigenvalue weighted by Gasteiger charge is 2.27. The topological polar surface area (TPSA) is 77.8 Å². The van der Waals surface area contributed by atoms with Crippen molar-refractivity contribution < 1.29 is 4.52 Å². The highest BCUT2D eigenvalue weighted by molar-refractivity contribution is 5.82. The van der Waals surface area contributed by atoms with Crippen molar-refractivity contribution in [2.75, 3.05) is 0 Å². The van der Waals surface area contributed by atoms with Crippen molar-refractivity contribution in [1.82, 2.24) is 15.1 Å². The van der Waals surface area contributed by atoms with Crippen LogP contribution in [0.3, 0.4) is 0 Å². The molecule has 108 valence electrons. The van der Waals surface area contributed by atoms with Crippen molar-refractivity contribution in [3.8, 4) is 11.4 Å². The van der Waals surface area contributed by atoms with Gasteiger partial charge >= 0.3 is 0 Å². The summed E-state index contributed by atoms with van der Waals surface area (Å²) >= 11 is 0. The zero-order valence-corrected chi connectivity index (χ0v) is 12.4. The van der Waals surface area contributed by atoms with Gasteiger partial charge in [0, 0.05) is 17.1 Å². The minimum Gasteiger partial charge on any atom is -0.337 e. The van der Waals surface area contributed by atoms with E-state index in [1.54, 1.807) is 6.20 Å². The van der Waals surface area contributed by atoms with E-state index in [0.29, 0.717) is 11.7 Å². The molecule has 5 nitrogen and oxygen atoms in total. The smallest absolute Gasteiger partial charge is 0.244 e. The van der Waals surface area contributed by atoms with Gasteiger partial charge in [0.1, 0.15) is 0 Å². The van der Waals surface area contributed by atoms with Crippen molar-refractivity contribution in [3.63, 3.8) is 0 Å². The van der Waals surface area contributed by atoms with Crippen LogP contribution in [-0.4, -0.2) is 15.1 Å². The third-order valence-corrected chi connectivity index (χ3v) is 3.50. The van der Waals surface area contributed by atoms with E-state index < -0.39 is 0 Å². The Balaban J connectivity index is 1.98. The highest BCUT2D eigenvalue weighted by Crippen LogP contribution is 2.30. The number of benzene rings is 1. The first kappa shape index (κ1) is 13.7. The molecule has 0 bridgehead atoms. The Bertz CT molecular complexity index is 773. The van der Waals surface area contributed by atoms with Crippen LogP contribution in [0, 0.1) is 5.41 Å². The fraction of sp³-hybridized carbons (Fsp3) is 0.312. The zero-order chi connectivity index (χ0) is 15.0. The normalized spacial score (nSPS) is 13.5. The van der Waals surface area contributed by atoms with Gasteiger partial charge in [0.05, 0.1) is 11.6 Å². The van der Waals surface area contributed by atoms with Crippen LogP contribution in [0.25, 0.3) is 22.3 Å². The molecule has 3 aromatic rings. The van der Waals surface area contributed by atoms with Crippen LogP contribution in [-0.2, 0) is 0 Å². The lowest BCUT2D eigenvalue weighted by atomic mass is 9.87. The first-order chi connectivity index (χ1) is 9.95. The molecule has 2 heterocycles. The number of hydrogen-bond acceptors (Lipinski definition) is 5. The average molecular weight is 282 g/mol. The third-order valence-electron chi connectivity index (χ3n) is 3.50. The largest absolute Gasteiger partial charge is 0.337 e. The molecule has 0 unspecified atom stereocenters. The Morgan fingerprint density at radius 3 is 2.76 bits per heavy atom. The predicted octanol–water partition coefficient (Wildman–Crippen LogP) is 3.33. The summed E-state index contributed by atoms with van der Waals surface area (Å²) in [7, 11) is 0. The SMILES string of the molecule is CC(C)(C)[C@H](N)c1nc(-c2ccc3ncccc3c2)no1. The molecule has 2 N–H and O–H groups in total. The van der Waals surface area contributed by atoms with Gasteiger partial charge in [-0.3, -0.25) is 4.98 Å². The van der Waals surface area contributed by atoms with Gasteiger partial charge in [0.25, 0.3) is 0 Å². The van der Waals surface area contributed by atoms with Gasteiger partial charge in [-0.15, -0.1) is 0 Å². The lowest BCUT2D eigenvalue weighted by Crippen LogP contribution is -2.26. The molecular weight excluding hydrogens is 264 g/mol. The van der Waals surface area contributed by atoms with Gasteiger partial charge < -0.3 is 10.3 Å². The van der Waals surface area contributed by atoms with Crippen LogP contribution < -0.4 is 5.73 Å². The average Bonchev–Trinajstić information content (AvgIpc) is 2.94. The van der Waals surface area contributed by atoms with Crippen molar-refractivity contribution in [2.45, 2.75) is 26.8 Å².